The molecule has 6 heteroatoms. The highest BCUT2D eigenvalue weighted by Gasteiger charge is 2.28. The number of hydrogen-bond donors (Lipinski definition) is 2. The van der Waals surface area contributed by atoms with Crippen LogP contribution < -0.4 is 0 Å². The molecule has 0 aliphatic carbocycles. The maximum Gasteiger partial charge on any atom is 0.271 e. The average Bonchev–Trinajstić information content (AvgIpc) is 3.39. The van der Waals surface area contributed by atoms with E-state index < -0.39 is 0 Å². The number of aromatic amines is 1. The van der Waals surface area contributed by atoms with E-state index in [1.807, 2.05) is 29.2 Å². The van der Waals surface area contributed by atoms with Crippen LogP contribution in [0.15, 0.2) is 54.6 Å². The van der Waals surface area contributed by atoms with E-state index in [-0.39, 0.29) is 18.3 Å². The zero-order chi connectivity index (χ0) is 19.5. The van der Waals surface area contributed by atoms with Crippen molar-refractivity contribution in [1.29, 1.82) is 0 Å². The number of nitrogens with one attached hydrogen (secondary N) is 1. The summed E-state index contributed by atoms with van der Waals surface area (Å²) in [4.78, 5) is 14.6. The van der Waals surface area contributed by atoms with Crippen LogP contribution in [0.2, 0.25) is 0 Å². The third-order valence-corrected chi connectivity index (χ3v) is 5.25. The van der Waals surface area contributed by atoms with Gasteiger partial charge in [0.25, 0.3) is 5.91 Å². The number of nitrogens with zero attached hydrogens (tertiary/aromatic N) is 2. The SMILES string of the molecule is O=C(c1cc(-c2ccc(F)cc2)n[nH]1)N1CC[C@@H](Cc2ccc(CO)cc2)C1. The largest absolute Gasteiger partial charge is 0.392 e. The predicted molar refractivity (Wildman–Crippen MR) is 104 cm³/mol. The number of amides is 1. The van der Waals surface area contributed by atoms with Gasteiger partial charge in [0.1, 0.15) is 11.5 Å². The molecule has 144 valence electrons. The molecule has 0 saturated carbocycles. The molecule has 1 atom stereocenters. The van der Waals surface area contributed by atoms with Gasteiger partial charge in [0.15, 0.2) is 0 Å². The van der Waals surface area contributed by atoms with Gasteiger partial charge in [0.2, 0.25) is 0 Å². The normalized spacial score (nSPS) is 16.5. The molecule has 4 rings (SSSR count). The van der Waals surface area contributed by atoms with E-state index >= 15 is 0 Å². The summed E-state index contributed by atoms with van der Waals surface area (Å²) in [5, 5.41) is 16.1. The summed E-state index contributed by atoms with van der Waals surface area (Å²) >= 11 is 0. The van der Waals surface area contributed by atoms with Crippen molar-refractivity contribution in [1.82, 2.24) is 15.1 Å². The molecule has 1 saturated heterocycles. The topological polar surface area (TPSA) is 69.2 Å². The molecule has 1 fully saturated rings. The van der Waals surface area contributed by atoms with Crippen molar-refractivity contribution in [2.75, 3.05) is 13.1 Å². The Balaban J connectivity index is 1.38. The average molecular weight is 379 g/mol. The fourth-order valence-electron chi connectivity index (χ4n) is 3.67. The highest BCUT2D eigenvalue weighted by molar-refractivity contribution is 5.93. The number of aromatic nitrogens is 2. The third-order valence-electron chi connectivity index (χ3n) is 5.25. The monoisotopic (exact) mass is 379 g/mol. The zero-order valence-electron chi connectivity index (χ0n) is 15.4. The maximum atomic E-state index is 13.1. The van der Waals surface area contributed by atoms with Crippen molar-refractivity contribution >= 4 is 5.91 Å². The minimum Gasteiger partial charge on any atom is -0.392 e. The van der Waals surface area contributed by atoms with Crippen molar-refractivity contribution in [3.63, 3.8) is 0 Å². The van der Waals surface area contributed by atoms with Gasteiger partial charge in [-0.2, -0.15) is 5.10 Å². The highest BCUT2D eigenvalue weighted by Crippen LogP contribution is 2.24. The van der Waals surface area contributed by atoms with Gasteiger partial charge in [-0.3, -0.25) is 9.89 Å². The maximum absolute atomic E-state index is 13.1. The van der Waals surface area contributed by atoms with Crippen molar-refractivity contribution in [3.8, 4) is 11.3 Å². The lowest BCUT2D eigenvalue weighted by Gasteiger charge is -2.15. The van der Waals surface area contributed by atoms with Crippen LogP contribution in [-0.2, 0) is 13.0 Å². The Labute approximate surface area is 162 Å². The summed E-state index contributed by atoms with van der Waals surface area (Å²) < 4.78 is 13.1. The first-order valence-electron chi connectivity index (χ1n) is 9.41. The van der Waals surface area contributed by atoms with Crippen LogP contribution in [0.1, 0.15) is 28.0 Å². The van der Waals surface area contributed by atoms with Crippen LogP contribution in [0.3, 0.4) is 0 Å². The quantitative estimate of drug-likeness (QED) is 0.714. The van der Waals surface area contributed by atoms with E-state index in [2.05, 4.69) is 10.2 Å². The molecule has 2 N–H and O–H groups in total. The highest BCUT2D eigenvalue weighted by atomic mass is 19.1. The van der Waals surface area contributed by atoms with Crippen molar-refractivity contribution in [2.24, 2.45) is 5.92 Å². The number of aliphatic hydroxyl groups excluding tert-OH is 1. The number of aliphatic hydroxyl groups is 1. The molecule has 2 heterocycles. The van der Waals surface area contributed by atoms with Gasteiger partial charge >= 0.3 is 0 Å². The first-order valence-corrected chi connectivity index (χ1v) is 9.41. The standard InChI is InChI=1S/C22H22FN3O2/c23-19-7-5-18(6-8-19)20-12-21(25-24-20)22(28)26-10-9-17(13-26)11-15-1-3-16(14-27)4-2-15/h1-8,12,17,27H,9-11,13-14H2,(H,24,25)/t17-/m0/s1. The summed E-state index contributed by atoms with van der Waals surface area (Å²) in [7, 11) is 0. The predicted octanol–water partition coefficient (Wildman–Crippen LogP) is 3.41. The summed E-state index contributed by atoms with van der Waals surface area (Å²) in [6, 6.07) is 15.7. The van der Waals surface area contributed by atoms with E-state index in [1.54, 1.807) is 18.2 Å². The summed E-state index contributed by atoms with van der Waals surface area (Å²) in [5.41, 5.74) is 3.97. The van der Waals surface area contributed by atoms with Crippen LogP contribution in [-0.4, -0.2) is 39.2 Å². The Morgan fingerprint density at radius 1 is 1.14 bits per heavy atom. The molecule has 0 spiro atoms. The minimum atomic E-state index is -0.301. The molecular formula is C22H22FN3O2. The fourth-order valence-corrected chi connectivity index (χ4v) is 3.67. The van der Waals surface area contributed by atoms with Crippen molar-refractivity contribution in [3.05, 3.63) is 77.2 Å². The Morgan fingerprint density at radius 2 is 1.86 bits per heavy atom. The second-order valence-corrected chi connectivity index (χ2v) is 7.26. The van der Waals surface area contributed by atoms with Crippen LogP contribution in [0.5, 0.6) is 0 Å². The number of likely N-dealkylation sites (tertiary alicyclic amines) is 1. The van der Waals surface area contributed by atoms with E-state index in [9.17, 15) is 9.18 Å². The molecule has 0 bridgehead atoms. The lowest BCUT2D eigenvalue weighted by atomic mass is 9.98. The van der Waals surface area contributed by atoms with E-state index in [4.69, 9.17) is 5.11 Å². The van der Waals surface area contributed by atoms with Crippen molar-refractivity contribution in [2.45, 2.75) is 19.4 Å². The Morgan fingerprint density at radius 3 is 2.57 bits per heavy atom. The molecule has 5 nitrogen and oxygen atoms in total. The Bertz CT molecular complexity index is 951. The molecule has 1 aliphatic heterocycles. The van der Waals surface area contributed by atoms with Gasteiger partial charge in [-0.1, -0.05) is 24.3 Å². The number of hydrogen-bond acceptors (Lipinski definition) is 3. The zero-order valence-corrected chi connectivity index (χ0v) is 15.4. The van der Waals surface area contributed by atoms with Crippen LogP contribution in [0.25, 0.3) is 11.3 Å². The molecule has 1 aromatic heterocycles. The molecule has 2 aromatic carbocycles. The molecular weight excluding hydrogens is 357 g/mol. The van der Waals surface area contributed by atoms with Gasteiger partial charge in [0, 0.05) is 18.7 Å². The first kappa shape index (κ1) is 18.4. The van der Waals surface area contributed by atoms with Gasteiger partial charge in [-0.05, 0) is 60.2 Å². The summed E-state index contributed by atoms with van der Waals surface area (Å²) in [5.74, 6) is 0.0621. The van der Waals surface area contributed by atoms with E-state index in [0.717, 1.165) is 30.5 Å². The molecule has 1 aliphatic rings. The molecule has 3 aromatic rings. The summed E-state index contributed by atoms with van der Waals surface area (Å²) in [6.45, 7) is 1.49. The second-order valence-electron chi connectivity index (χ2n) is 7.26. The molecule has 1 amide bonds. The first-order chi connectivity index (χ1) is 13.6. The molecule has 28 heavy (non-hydrogen) atoms. The number of rotatable bonds is 5. The number of carbonyl (C=O) groups is 1. The second kappa shape index (κ2) is 7.94. The smallest absolute Gasteiger partial charge is 0.271 e. The van der Waals surface area contributed by atoms with Crippen LogP contribution >= 0.6 is 0 Å². The van der Waals surface area contributed by atoms with Crippen molar-refractivity contribution < 1.29 is 14.3 Å². The Hall–Kier alpha value is -2.99. The van der Waals surface area contributed by atoms with E-state index in [0.29, 0.717) is 23.9 Å². The lowest BCUT2D eigenvalue weighted by molar-refractivity contribution is 0.0781. The third kappa shape index (κ3) is 3.97. The minimum absolute atomic E-state index is 0.0517. The fraction of sp³-hybridized carbons (Fsp3) is 0.273. The van der Waals surface area contributed by atoms with Gasteiger partial charge in [0.05, 0.1) is 12.3 Å². The molecule has 0 unspecified atom stereocenters. The Kier molecular flexibility index (Phi) is 5.21. The number of halogens is 1. The van der Waals surface area contributed by atoms with E-state index in [1.165, 1.54) is 17.7 Å². The van der Waals surface area contributed by atoms with Crippen LogP contribution in [0.4, 0.5) is 4.39 Å². The number of carbonyl (C=O) groups excluding carboxylic acids is 1. The van der Waals surface area contributed by atoms with Gasteiger partial charge < -0.3 is 10.0 Å². The lowest BCUT2D eigenvalue weighted by Crippen LogP contribution is -2.29. The number of H-pyrrole nitrogens is 1. The van der Waals surface area contributed by atoms with Gasteiger partial charge in [-0.15, -0.1) is 0 Å². The van der Waals surface area contributed by atoms with Crippen LogP contribution in [0, 0.1) is 11.7 Å². The van der Waals surface area contributed by atoms with Gasteiger partial charge in [-0.25, -0.2) is 4.39 Å². The molecule has 0 radical (unpaired) electrons. The summed E-state index contributed by atoms with van der Waals surface area (Å²) in [6.07, 6.45) is 1.88. The number of benzene rings is 2.